The Morgan fingerprint density at radius 3 is 2.48 bits per heavy atom. The summed E-state index contributed by atoms with van der Waals surface area (Å²) in [5.74, 6) is -2.73. The lowest BCUT2D eigenvalue weighted by Crippen LogP contribution is -2.60. The van der Waals surface area contributed by atoms with Gasteiger partial charge in [-0.15, -0.1) is 11.8 Å². The van der Waals surface area contributed by atoms with E-state index in [4.69, 9.17) is 0 Å². The molecule has 0 saturated heterocycles. The molecule has 13 heteroatoms. The maximum absolute atomic E-state index is 15.2. The van der Waals surface area contributed by atoms with Crippen LogP contribution in [0.15, 0.2) is 58.4 Å². The number of benzene rings is 2. The summed E-state index contributed by atoms with van der Waals surface area (Å²) in [6.07, 6.45) is -3.61. The fraction of sp³-hybridized carbons (Fsp3) is 0.296. The zero-order valence-electron chi connectivity index (χ0n) is 21.6. The number of halogens is 4. The molecule has 3 aromatic rings. The van der Waals surface area contributed by atoms with Gasteiger partial charge in [0.25, 0.3) is 5.91 Å². The monoisotopic (exact) mass is 576 g/mol. The van der Waals surface area contributed by atoms with Crippen LogP contribution in [0.4, 0.5) is 23.2 Å². The second-order valence-corrected chi connectivity index (χ2v) is 10.6. The summed E-state index contributed by atoms with van der Waals surface area (Å²) in [4.78, 5) is 40.1. The van der Waals surface area contributed by atoms with Gasteiger partial charge in [0.1, 0.15) is 18.5 Å². The third kappa shape index (κ3) is 4.37. The van der Waals surface area contributed by atoms with Crippen LogP contribution in [0.2, 0.25) is 0 Å². The molecule has 0 radical (unpaired) electrons. The van der Waals surface area contributed by atoms with Crippen molar-refractivity contribution in [3.05, 3.63) is 87.1 Å². The van der Waals surface area contributed by atoms with Crippen molar-refractivity contribution >= 4 is 29.3 Å². The number of hydrogen-bond donors (Lipinski definition) is 1. The Labute approximate surface area is 230 Å². The van der Waals surface area contributed by atoms with Crippen LogP contribution in [0.25, 0.3) is 0 Å². The minimum Gasteiger partial charge on any atom is -0.502 e. The Hall–Kier alpha value is -4.00. The smallest absolute Gasteiger partial charge is 0.408 e. The van der Waals surface area contributed by atoms with E-state index in [0.29, 0.717) is 27.3 Å². The molecule has 0 bridgehead atoms. The molecule has 40 heavy (non-hydrogen) atoms. The predicted molar refractivity (Wildman–Crippen MR) is 140 cm³/mol. The minimum absolute atomic E-state index is 0.241. The van der Waals surface area contributed by atoms with Gasteiger partial charge in [-0.2, -0.15) is 13.2 Å². The van der Waals surface area contributed by atoms with E-state index in [1.807, 2.05) is 0 Å². The lowest BCUT2D eigenvalue weighted by molar-refractivity contribution is -0.173. The molecule has 210 valence electrons. The zero-order chi connectivity index (χ0) is 29.1. The molecule has 0 unspecified atom stereocenters. The molecule has 0 aliphatic carbocycles. The van der Waals surface area contributed by atoms with Crippen LogP contribution < -0.4 is 15.3 Å². The number of rotatable bonds is 3. The Balaban J connectivity index is 1.82. The highest BCUT2D eigenvalue weighted by Crippen LogP contribution is 2.46. The molecule has 0 fully saturated rings. The number of anilines is 1. The first kappa shape index (κ1) is 27.6. The molecule has 2 aliphatic heterocycles. The SMILES string of the molecule is CC(=O)N(C)c1cccc2c1CSc1c(F)cccc1[C@H]2N1CN([C@H](C)C(F)(F)F)C(=O)c2c(O)c(=O)ccn21. The quantitative estimate of drug-likeness (QED) is 0.466. The number of carbonyl (C=O) groups is 2. The second kappa shape index (κ2) is 9.88. The summed E-state index contributed by atoms with van der Waals surface area (Å²) in [6.45, 7) is 1.60. The Bertz CT molecular complexity index is 1590. The second-order valence-electron chi connectivity index (χ2n) is 9.57. The minimum atomic E-state index is -4.81. The summed E-state index contributed by atoms with van der Waals surface area (Å²) in [6, 6.07) is 7.28. The van der Waals surface area contributed by atoms with E-state index in [1.165, 1.54) is 46.9 Å². The topological polar surface area (TPSA) is 86.1 Å². The van der Waals surface area contributed by atoms with E-state index in [2.05, 4.69) is 0 Å². The standard InChI is InChI=1S/C27H24F4N4O4S/c1-14(27(29,30)31)33-13-35(34-11-10-21(37)24(38)23(34)26(33)39)22-16-6-5-9-20(32(3)15(2)36)18(16)12-40-25-17(22)7-4-8-19(25)28/h4-11,14,22,38H,12-13H2,1-3H3/t14-,22+/m1/s1. The largest absolute Gasteiger partial charge is 0.502 e. The highest BCUT2D eigenvalue weighted by molar-refractivity contribution is 7.98. The van der Waals surface area contributed by atoms with E-state index in [0.717, 1.165) is 17.7 Å². The van der Waals surface area contributed by atoms with E-state index < -0.39 is 53.5 Å². The number of pyridine rings is 1. The van der Waals surface area contributed by atoms with Gasteiger partial charge in [0.2, 0.25) is 11.3 Å². The lowest BCUT2D eigenvalue weighted by atomic mass is 9.93. The van der Waals surface area contributed by atoms with Gasteiger partial charge in [0.05, 0.1) is 6.04 Å². The number of aromatic nitrogens is 1. The van der Waals surface area contributed by atoms with Gasteiger partial charge in [-0.25, -0.2) is 4.39 Å². The molecule has 5 rings (SSSR count). The lowest BCUT2D eigenvalue weighted by Gasteiger charge is -2.46. The van der Waals surface area contributed by atoms with Gasteiger partial charge in [-0.05, 0) is 35.7 Å². The molecular formula is C27H24F4N4O4S. The molecule has 0 saturated carbocycles. The number of nitrogens with zero attached hydrogens (tertiary/aromatic N) is 4. The molecule has 3 heterocycles. The molecule has 8 nitrogen and oxygen atoms in total. The molecular weight excluding hydrogens is 552 g/mol. The third-order valence-corrected chi connectivity index (χ3v) is 8.45. The van der Waals surface area contributed by atoms with Gasteiger partial charge in [-0.1, -0.05) is 24.3 Å². The van der Waals surface area contributed by atoms with E-state index in [9.17, 15) is 32.7 Å². The van der Waals surface area contributed by atoms with Crippen LogP contribution in [-0.4, -0.2) is 52.4 Å². The first-order chi connectivity index (χ1) is 18.8. The van der Waals surface area contributed by atoms with E-state index >= 15 is 4.39 Å². The van der Waals surface area contributed by atoms with Crippen molar-refractivity contribution < 1.29 is 32.3 Å². The van der Waals surface area contributed by atoms with Crippen LogP contribution in [0.5, 0.6) is 5.75 Å². The third-order valence-electron chi connectivity index (χ3n) is 7.30. The first-order valence-corrected chi connectivity index (χ1v) is 13.2. The summed E-state index contributed by atoms with van der Waals surface area (Å²) < 4.78 is 58.1. The van der Waals surface area contributed by atoms with Crippen molar-refractivity contribution in [3.8, 4) is 5.75 Å². The summed E-state index contributed by atoms with van der Waals surface area (Å²) >= 11 is 1.18. The fourth-order valence-electron chi connectivity index (χ4n) is 5.05. The zero-order valence-corrected chi connectivity index (χ0v) is 22.4. The summed E-state index contributed by atoms with van der Waals surface area (Å²) in [5.41, 5.74) is 0.570. The van der Waals surface area contributed by atoms with Crippen molar-refractivity contribution in [3.63, 3.8) is 0 Å². The first-order valence-electron chi connectivity index (χ1n) is 12.2. The number of amides is 2. The highest BCUT2D eigenvalue weighted by Gasteiger charge is 2.48. The van der Waals surface area contributed by atoms with Gasteiger partial charge in [0.15, 0.2) is 11.4 Å². The van der Waals surface area contributed by atoms with Crippen LogP contribution in [-0.2, 0) is 10.5 Å². The normalized spacial score (nSPS) is 17.5. The number of alkyl halides is 3. The fourth-order valence-corrected chi connectivity index (χ4v) is 6.21. The number of hydrogen-bond acceptors (Lipinski definition) is 6. The molecule has 1 aromatic heterocycles. The average Bonchev–Trinajstić information content (AvgIpc) is 3.07. The Kier molecular flexibility index (Phi) is 6.81. The summed E-state index contributed by atoms with van der Waals surface area (Å²) in [5, 5.41) is 12.0. The van der Waals surface area contributed by atoms with Crippen molar-refractivity contribution in [1.82, 2.24) is 9.58 Å². The maximum atomic E-state index is 15.2. The molecule has 2 aromatic carbocycles. The van der Waals surface area contributed by atoms with Crippen LogP contribution in [0, 0.1) is 5.82 Å². The van der Waals surface area contributed by atoms with Gasteiger partial charge < -0.3 is 14.9 Å². The molecule has 1 N–H and O–H groups in total. The van der Waals surface area contributed by atoms with E-state index in [-0.39, 0.29) is 16.6 Å². The van der Waals surface area contributed by atoms with Gasteiger partial charge >= 0.3 is 6.18 Å². The average molecular weight is 577 g/mol. The predicted octanol–water partition coefficient (Wildman–Crippen LogP) is 4.37. The van der Waals surface area contributed by atoms with Crippen molar-refractivity contribution in [2.45, 2.75) is 42.8 Å². The van der Waals surface area contributed by atoms with Crippen LogP contribution >= 0.6 is 11.8 Å². The molecule has 2 atom stereocenters. The van der Waals surface area contributed by atoms with Crippen molar-refractivity contribution in [2.24, 2.45) is 0 Å². The van der Waals surface area contributed by atoms with Crippen LogP contribution in [0.3, 0.4) is 0 Å². The van der Waals surface area contributed by atoms with Gasteiger partial charge in [-0.3, -0.25) is 24.1 Å². The number of thioether (sulfide) groups is 1. The Morgan fingerprint density at radius 2 is 1.80 bits per heavy atom. The van der Waals surface area contributed by atoms with Gasteiger partial charge in [0, 0.05) is 42.6 Å². The van der Waals surface area contributed by atoms with E-state index in [1.54, 1.807) is 31.3 Å². The highest BCUT2D eigenvalue weighted by atomic mass is 32.2. The number of fused-ring (bicyclic) bond motifs is 3. The molecule has 0 spiro atoms. The van der Waals surface area contributed by atoms with Crippen molar-refractivity contribution in [2.75, 3.05) is 23.6 Å². The molecule has 2 amide bonds. The summed E-state index contributed by atoms with van der Waals surface area (Å²) in [7, 11) is 1.58. The van der Waals surface area contributed by atoms with Crippen molar-refractivity contribution in [1.29, 1.82) is 0 Å². The number of aromatic hydroxyl groups is 1. The maximum Gasteiger partial charge on any atom is 0.408 e. The Morgan fingerprint density at radius 1 is 1.12 bits per heavy atom. The molecule has 2 aliphatic rings. The van der Waals surface area contributed by atoms with Crippen LogP contribution in [0.1, 0.15) is 47.1 Å². The number of carbonyl (C=O) groups excluding carboxylic acids is 2.